The van der Waals surface area contributed by atoms with Gasteiger partial charge in [0.2, 0.25) is 0 Å². The quantitative estimate of drug-likeness (QED) is 0.834. The van der Waals surface area contributed by atoms with E-state index in [1.165, 1.54) is 12.1 Å². The maximum atomic E-state index is 13.3. The fraction of sp³-hybridized carbons (Fsp3) is 0.333. The maximum absolute atomic E-state index is 13.3. The van der Waals surface area contributed by atoms with Crippen molar-refractivity contribution < 1.29 is 12.8 Å². The molecule has 1 rings (SSSR count). The van der Waals surface area contributed by atoms with E-state index in [9.17, 15) is 12.8 Å². The Bertz CT molecular complexity index is 454. The van der Waals surface area contributed by atoms with E-state index < -0.39 is 15.7 Å². The standard InChI is InChI=1S/C9H10BrFO2S/c1-6-3-9(11)7(4-8(6)10)5-14(2,12)13/h3-4H,5H2,1-2H3. The van der Waals surface area contributed by atoms with Gasteiger partial charge in [-0.05, 0) is 24.6 Å². The molecule has 0 heterocycles. The number of hydrogen-bond acceptors (Lipinski definition) is 2. The number of hydrogen-bond donors (Lipinski definition) is 0. The SMILES string of the molecule is Cc1cc(F)c(CS(C)(=O)=O)cc1Br. The second kappa shape index (κ2) is 3.98. The molecule has 0 N–H and O–H groups in total. The minimum atomic E-state index is -3.19. The highest BCUT2D eigenvalue weighted by Crippen LogP contribution is 2.21. The zero-order chi connectivity index (χ0) is 10.9. The third-order valence-corrected chi connectivity index (χ3v) is 3.44. The first kappa shape index (κ1) is 11.7. The zero-order valence-corrected chi connectivity index (χ0v) is 10.2. The van der Waals surface area contributed by atoms with Crippen molar-refractivity contribution in [3.8, 4) is 0 Å². The molecule has 2 nitrogen and oxygen atoms in total. The predicted octanol–water partition coefficient (Wildman–Crippen LogP) is 2.44. The van der Waals surface area contributed by atoms with Crippen molar-refractivity contribution in [1.82, 2.24) is 0 Å². The molecular formula is C9H10BrFO2S. The second-order valence-corrected chi connectivity index (χ2v) is 6.26. The van der Waals surface area contributed by atoms with Crippen molar-refractivity contribution in [2.24, 2.45) is 0 Å². The fourth-order valence-corrected chi connectivity index (χ4v) is 2.26. The molecule has 0 unspecified atom stereocenters. The Morgan fingerprint density at radius 1 is 1.43 bits per heavy atom. The van der Waals surface area contributed by atoms with Gasteiger partial charge >= 0.3 is 0 Å². The average molecular weight is 281 g/mol. The largest absolute Gasteiger partial charge is 0.229 e. The molecule has 0 aromatic heterocycles. The van der Waals surface area contributed by atoms with E-state index in [0.717, 1.165) is 16.3 Å². The summed E-state index contributed by atoms with van der Waals surface area (Å²) in [6.45, 7) is 1.75. The van der Waals surface area contributed by atoms with Gasteiger partial charge in [-0.1, -0.05) is 15.9 Å². The van der Waals surface area contributed by atoms with Gasteiger partial charge in [0, 0.05) is 16.3 Å². The van der Waals surface area contributed by atoms with Crippen LogP contribution in [0.3, 0.4) is 0 Å². The van der Waals surface area contributed by atoms with Gasteiger partial charge in [-0.25, -0.2) is 12.8 Å². The highest BCUT2D eigenvalue weighted by molar-refractivity contribution is 9.10. The van der Waals surface area contributed by atoms with Gasteiger partial charge in [-0.15, -0.1) is 0 Å². The molecule has 5 heteroatoms. The van der Waals surface area contributed by atoms with E-state index in [1.54, 1.807) is 6.92 Å². The summed E-state index contributed by atoms with van der Waals surface area (Å²) in [6.07, 6.45) is 1.08. The van der Waals surface area contributed by atoms with Crippen LogP contribution in [0.1, 0.15) is 11.1 Å². The van der Waals surface area contributed by atoms with Crippen LogP contribution in [0.2, 0.25) is 0 Å². The molecule has 0 saturated heterocycles. The van der Waals surface area contributed by atoms with E-state index >= 15 is 0 Å². The highest BCUT2D eigenvalue weighted by Gasteiger charge is 2.11. The monoisotopic (exact) mass is 280 g/mol. The molecule has 14 heavy (non-hydrogen) atoms. The molecule has 0 amide bonds. The lowest BCUT2D eigenvalue weighted by atomic mass is 10.2. The molecule has 0 saturated carbocycles. The van der Waals surface area contributed by atoms with Crippen molar-refractivity contribution >= 4 is 25.8 Å². The topological polar surface area (TPSA) is 34.1 Å². The van der Waals surface area contributed by atoms with Gasteiger partial charge < -0.3 is 0 Å². The van der Waals surface area contributed by atoms with Crippen LogP contribution in [-0.4, -0.2) is 14.7 Å². The molecule has 0 fully saturated rings. The smallest absolute Gasteiger partial charge is 0.151 e. The van der Waals surface area contributed by atoms with Gasteiger partial charge in [0.15, 0.2) is 9.84 Å². The van der Waals surface area contributed by atoms with Gasteiger partial charge in [-0.2, -0.15) is 0 Å². The Kier molecular flexibility index (Phi) is 3.32. The second-order valence-electron chi connectivity index (χ2n) is 3.26. The van der Waals surface area contributed by atoms with E-state index in [-0.39, 0.29) is 11.3 Å². The Morgan fingerprint density at radius 3 is 2.50 bits per heavy atom. The van der Waals surface area contributed by atoms with Gasteiger partial charge in [0.25, 0.3) is 0 Å². The summed E-state index contributed by atoms with van der Waals surface area (Å²) in [4.78, 5) is 0. The predicted molar refractivity (Wildman–Crippen MR) is 57.4 cm³/mol. The van der Waals surface area contributed by atoms with Crippen LogP contribution in [0.5, 0.6) is 0 Å². The van der Waals surface area contributed by atoms with Crippen molar-refractivity contribution in [1.29, 1.82) is 0 Å². The van der Waals surface area contributed by atoms with Crippen molar-refractivity contribution in [2.75, 3.05) is 6.26 Å². The number of sulfone groups is 1. The van der Waals surface area contributed by atoms with Crippen LogP contribution in [0.25, 0.3) is 0 Å². The molecule has 78 valence electrons. The summed E-state index contributed by atoms with van der Waals surface area (Å²) in [7, 11) is -3.19. The summed E-state index contributed by atoms with van der Waals surface area (Å²) >= 11 is 3.23. The van der Waals surface area contributed by atoms with Crippen molar-refractivity contribution in [2.45, 2.75) is 12.7 Å². The normalized spacial score (nSPS) is 11.7. The first-order chi connectivity index (χ1) is 6.29. The number of rotatable bonds is 2. The summed E-state index contributed by atoms with van der Waals surface area (Å²) in [6, 6.07) is 2.83. The summed E-state index contributed by atoms with van der Waals surface area (Å²) in [5.74, 6) is -0.742. The van der Waals surface area contributed by atoms with E-state index in [1.807, 2.05) is 0 Å². The molecule has 0 aliphatic heterocycles. The Morgan fingerprint density at radius 2 is 2.00 bits per heavy atom. The first-order valence-electron chi connectivity index (χ1n) is 3.92. The third-order valence-electron chi connectivity index (χ3n) is 1.75. The van der Waals surface area contributed by atoms with Crippen LogP contribution in [0, 0.1) is 12.7 Å². The average Bonchev–Trinajstić information content (AvgIpc) is 1.97. The summed E-state index contributed by atoms with van der Waals surface area (Å²) < 4.78 is 35.9. The molecule has 0 aliphatic carbocycles. The third kappa shape index (κ3) is 3.06. The van der Waals surface area contributed by atoms with Crippen LogP contribution >= 0.6 is 15.9 Å². The number of aryl methyl sites for hydroxylation is 1. The first-order valence-corrected chi connectivity index (χ1v) is 6.77. The molecule has 0 atom stereocenters. The van der Waals surface area contributed by atoms with Crippen molar-refractivity contribution in [3.63, 3.8) is 0 Å². The minimum Gasteiger partial charge on any atom is -0.229 e. The Hall–Kier alpha value is -0.420. The lowest BCUT2D eigenvalue weighted by Crippen LogP contribution is -2.03. The van der Waals surface area contributed by atoms with Crippen LogP contribution in [0.15, 0.2) is 16.6 Å². The van der Waals surface area contributed by atoms with Gasteiger partial charge in [0.05, 0.1) is 5.75 Å². The van der Waals surface area contributed by atoms with E-state index in [2.05, 4.69) is 15.9 Å². The molecule has 1 aromatic carbocycles. The Labute approximate surface area is 91.2 Å². The zero-order valence-electron chi connectivity index (χ0n) is 7.84. The molecule has 0 radical (unpaired) electrons. The molecule has 0 aliphatic rings. The molecule has 1 aromatic rings. The molecule has 0 bridgehead atoms. The maximum Gasteiger partial charge on any atom is 0.151 e. The number of benzene rings is 1. The van der Waals surface area contributed by atoms with Gasteiger partial charge in [0.1, 0.15) is 5.82 Å². The molecular weight excluding hydrogens is 271 g/mol. The van der Waals surface area contributed by atoms with Crippen LogP contribution in [0.4, 0.5) is 4.39 Å². The minimum absolute atomic E-state index is 0.199. The van der Waals surface area contributed by atoms with E-state index in [4.69, 9.17) is 0 Å². The number of halogens is 2. The lowest BCUT2D eigenvalue weighted by Gasteiger charge is -2.04. The fourth-order valence-electron chi connectivity index (χ4n) is 1.08. The van der Waals surface area contributed by atoms with E-state index in [0.29, 0.717) is 0 Å². The van der Waals surface area contributed by atoms with Crippen LogP contribution < -0.4 is 0 Å². The lowest BCUT2D eigenvalue weighted by molar-refractivity contribution is 0.591. The van der Waals surface area contributed by atoms with Crippen molar-refractivity contribution in [3.05, 3.63) is 33.5 Å². The molecule has 0 spiro atoms. The highest BCUT2D eigenvalue weighted by atomic mass is 79.9. The Balaban J connectivity index is 3.17. The summed E-state index contributed by atoms with van der Waals surface area (Å²) in [5.41, 5.74) is 0.949. The van der Waals surface area contributed by atoms with Gasteiger partial charge in [-0.3, -0.25) is 0 Å². The van der Waals surface area contributed by atoms with Crippen LogP contribution in [-0.2, 0) is 15.6 Å². The summed E-state index contributed by atoms with van der Waals surface area (Å²) in [5, 5.41) is 0.